The van der Waals surface area contributed by atoms with E-state index in [0.29, 0.717) is 0 Å². The van der Waals surface area contributed by atoms with E-state index in [0.717, 1.165) is 112 Å². The van der Waals surface area contributed by atoms with Crippen molar-refractivity contribution in [1.82, 2.24) is 18.3 Å². The monoisotopic (exact) mass is 1510 g/mol. The van der Waals surface area contributed by atoms with Crippen molar-refractivity contribution >= 4 is 171 Å². The first kappa shape index (κ1) is 65.2. The number of anilines is 3. The summed E-state index contributed by atoms with van der Waals surface area (Å²) in [5.41, 5.74) is 32.3. The summed E-state index contributed by atoms with van der Waals surface area (Å²) in [6.45, 7) is -0.224. The lowest BCUT2D eigenvalue weighted by Crippen LogP contribution is -2.60. The van der Waals surface area contributed by atoms with Gasteiger partial charge in [0.25, 0.3) is 0 Å². The average molecular weight is 1510 g/mol. The fourth-order valence-corrected chi connectivity index (χ4v) is 22.5. The molecule has 0 atom stereocenters. The van der Waals surface area contributed by atoms with Crippen LogP contribution < -0.4 is 21.3 Å². The van der Waals surface area contributed by atoms with Crippen LogP contribution in [0.15, 0.2) is 410 Å². The molecule has 2 aliphatic rings. The van der Waals surface area contributed by atoms with Gasteiger partial charge in [0.2, 0.25) is 6.71 Å². The normalized spacial score (nSPS) is 12.6. The van der Waals surface area contributed by atoms with E-state index in [1.165, 1.54) is 117 Å². The maximum atomic E-state index is 2.73. The predicted molar refractivity (Wildman–Crippen MR) is 494 cm³/mol. The maximum absolute atomic E-state index is 2.73. The summed E-state index contributed by atoms with van der Waals surface area (Å²) >= 11 is 3.87. The third kappa shape index (κ3) is 9.60. The van der Waals surface area contributed by atoms with E-state index in [4.69, 9.17) is 0 Å². The molecule has 18 aromatic carbocycles. The Balaban J connectivity index is 0.829. The Morgan fingerprint density at radius 3 is 1.16 bits per heavy atom. The second-order valence-corrected chi connectivity index (χ2v) is 33.0. The fourth-order valence-electron chi connectivity index (χ4n) is 20.0. The van der Waals surface area contributed by atoms with Gasteiger partial charge in [-0.05, 0) is 159 Å². The molecule has 5 aromatic heterocycles. The molecule has 0 saturated carbocycles. The van der Waals surface area contributed by atoms with Gasteiger partial charge in [-0.25, -0.2) is 0 Å². The fraction of sp³-hybridized carbons (Fsp3) is 0. The molecule has 0 unspecified atom stereocenters. The SMILES string of the molecule is c1ccc(-c2ccccc2-c2ccc3c4ccccc4n(-c4ccc5c(c4)N(c4c(-c6ccccc6)cccc4-c4ccccc4)c4cc(-c6c(-n7c8ccccc8c8ccccc87)cccc6-n6c7ccccc7c7ccccc76)cc6c4B5c4ccc5sc7ccc(-n8c9ccccc9c9ccccc98)cc7c5c4S6)c3c2)cc1. The van der Waals surface area contributed by atoms with Crippen molar-refractivity contribution in [2.24, 2.45) is 0 Å². The highest BCUT2D eigenvalue weighted by molar-refractivity contribution is 8.00. The molecule has 23 aromatic rings. The van der Waals surface area contributed by atoms with Crippen molar-refractivity contribution in [3.8, 4) is 78.4 Å². The highest BCUT2D eigenvalue weighted by atomic mass is 32.2. The molecular weight excluding hydrogens is 1440 g/mol. The van der Waals surface area contributed by atoms with Gasteiger partial charge in [0.15, 0.2) is 0 Å². The predicted octanol–water partition coefficient (Wildman–Crippen LogP) is 27.5. The zero-order valence-electron chi connectivity index (χ0n) is 62.7. The number of hydrogen-bond donors (Lipinski definition) is 0. The molecule has 0 spiro atoms. The number of rotatable bonds is 10. The first-order valence-corrected chi connectivity index (χ1v) is 41.5. The van der Waals surface area contributed by atoms with Gasteiger partial charge in [-0.2, -0.15) is 0 Å². The van der Waals surface area contributed by atoms with Crippen LogP contribution in [0.3, 0.4) is 0 Å². The molecular formula is C108H66BN5S2. The van der Waals surface area contributed by atoms with Gasteiger partial charge >= 0.3 is 0 Å². The lowest BCUT2D eigenvalue weighted by molar-refractivity contribution is 1.13. The molecule has 538 valence electrons. The second kappa shape index (κ2) is 25.6. The summed E-state index contributed by atoms with van der Waals surface area (Å²) in [7, 11) is 0. The molecule has 7 heterocycles. The molecule has 25 rings (SSSR count). The lowest BCUT2D eigenvalue weighted by Gasteiger charge is -2.42. The van der Waals surface area contributed by atoms with Gasteiger partial charge in [-0.1, -0.05) is 308 Å². The van der Waals surface area contributed by atoms with Gasteiger partial charge in [0.1, 0.15) is 0 Å². The van der Waals surface area contributed by atoms with Crippen LogP contribution in [0.2, 0.25) is 0 Å². The minimum absolute atomic E-state index is 0.224. The van der Waals surface area contributed by atoms with Crippen LogP contribution >= 0.6 is 23.1 Å². The van der Waals surface area contributed by atoms with Crippen molar-refractivity contribution in [3.63, 3.8) is 0 Å². The molecule has 0 radical (unpaired) electrons. The summed E-state index contributed by atoms with van der Waals surface area (Å²) in [5.74, 6) is 0. The van der Waals surface area contributed by atoms with Crippen LogP contribution in [0.4, 0.5) is 17.1 Å². The number of benzene rings is 18. The Kier molecular flexibility index (Phi) is 14.4. The highest BCUT2D eigenvalue weighted by Gasteiger charge is 2.44. The number of nitrogens with zero attached hydrogens (tertiary/aromatic N) is 5. The summed E-state index contributed by atoms with van der Waals surface area (Å²) in [4.78, 5) is 5.23. The number of hydrogen-bond acceptors (Lipinski definition) is 3. The van der Waals surface area contributed by atoms with Crippen molar-refractivity contribution in [2.45, 2.75) is 9.79 Å². The van der Waals surface area contributed by atoms with E-state index in [9.17, 15) is 0 Å². The topological polar surface area (TPSA) is 23.0 Å². The zero-order chi connectivity index (χ0) is 75.8. The van der Waals surface area contributed by atoms with Gasteiger partial charge < -0.3 is 23.2 Å². The largest absolute Gasteiger partial charge is 0.310 e. The summed E-state index contributed by atoms with van der Waals surface area (Å²) < 4.78 is 12.7. The molecule has 0 aliphatic carbocycles. The van der Waals surface area contributed by atoms with Crippen LogP contribution in [0.5, 0.6) is 0 Å². The highest BCUT2D eigenvalue weighted by Crippen LogP contribution is 2.55. The number of aromatic nitrogens is 4. The quantitative estimate of drug-likeness (QED) is 0.127. The van der Waals surface area contributed by atoms with Crippen LogP contribution in [-0.2, 0) is 0 Å². The third-order valence-corrected chi connectivity index (χ3v) is 27.2. The standard InChI is InChI=1S/C108H66BN5S2/c1-4-28-67(29-5-1)74-34-10-11-35-75(74)70-54-57-85-84-42-14-21-47-91(84)111(98(85)62-70)73-55-58-87-99(66-73)114(107-76(68-30-6-2-7-31-68)43-26-44-77(107)69-32-8-3-9-33-69)100-63-71(104-96(112-92-48-22-15-38-80(92)81-39-16-23-49-93(81)112)52-27-53-97(104)113-94-50-24-17-40-82(94)83-41-18-25-51-95(83)113)64-103-106(100)109(87)88-59-61-102-105(108(88)116-103)86-65-72(56-60-101(86)115-102)110-89-45-19-12-36-78(89)79-37-13-20-46-90(79)110/h1-66H. The maximum Gasteiger partial charge on any atom is 0.249 e. The minimum Gasteiger partial charge on any atom is -0.310 e. The molecule has 5 nitrogen and oxygen atoms in total. The van der Waals surface area contributed by atoms with Gasteiger partial charge in [-0.15, -0.1) is 11.3 Å². The summed E-state index contributed by atoms with van der Waals surface area (Å²) in [5, 5.41) is 12.3. The molecule has 0 N–H and O–H groups in total. The second-order valence-electron chi connectivity index (χ2n) is 30.9. The van der Waals surface area contributed by atoms with Gasteiger partial charge in [0, 0.05) is 112 Å². The zero-order valence-corrected chi connectivity index (χ0v) is 64.4. The van der Waals surface area contributed by atoms with Crippen LogP contribution in [0, 0.1) is 0 Å². The first-order chi connectivity index (χ1) is 57.6. The number of fused-ring (bicyclic) bond motifs is 20. The Morgan fingerprint density at radius 2 is 0.638 bits per heavy atom. The van der Waals surface area contributed by atoms with Crippen molar-refractivity contribution in [2.75, 3.05) is 4.90 Å². The Hall–Kier alpha value is -14.4. The van der Waals surface area contributed by atoms with Crippen molar-refractivity contribution < 1.29 is 0 Å². The summed E-state index contributed by atoms with van der Waals surface area (Å²) in [6, 6.07) is 151. The summed E-state index contributed by atoms with van der Waals surface area (Å²) in [6.07, 6.45) is 0. The smallest absolute Gasteiger partial charge is 0.249 e. The van der Waals surface area contributed by atoms with E-state index >= 15 is 0 Å². The third-order valence-electron chi connectivity index (χ3n) is 24.8. The van der Waals surface area contributed by atoms with E-state index < -0.39 is 0 Å². The van der Waals surface area contributed by atoms with Crippen LogP contribution in [0.1, 0.15) is 0 Å². The lowest BCUT2D eigenvalue weighted by atomic mass is 9.34. The first-order valence-electron chi connectivity index (χ1n) is 39.9. The van der Waals surface area contributed by atoms with Crippen molar-refractivity contribution in [1.29, 1.82) is 0 Å². The molecule has 116 heavy (non-hydrogen) atoms. The Morgan fingerprint density at radius 1 is 0.233 bits per heavy atom. The van der Waals surface area contributed by atoms with Crippen LogP contribution in [0.25, 0.3) is 186 Å². The molecule has 0 bridgehead atoms. The molecule has 0 fully saturated rings. The van der Waals surface area contributed by atoms with Gasteiger partial charge in [-0.3, -0.25) is 0 Å². The van der Waals surface area contributed by atoms with E-state index in [-0.39, 0.29) is 6.71 Å². The van der Waals surface area contributed by atoms with E-state index in [1.54, 1.807) is 0 Å². The average Bonchev–Trinajstić information content (AvgIpc) is 0.777. The minimum atomic E-state index is -0.224. The van der Waals surface area contributed by atoms with E-state index in [2.05, 4.69) is 424 Å². The Bertz CT molecular complexity index is 7730. The molecule has 0 saturated heterocycles. The van der Waals surface area contributed by atoms with E-state index in [1.807, 2.05) is 23.1 Å². The molecule has 8 heteroatoms. The molecule has 0 amide bonds. The number of para-hydroxylation sites is 8. The van der Waals surface area contributed by atoms with Crippen LogP contribution in [-0.4, -0.2) is 25.0 Å². The molecule has 2 aliphatic heterocycles. The van der Waals surface area contributed by atoms with Gasteiger partial charge in [0.05, 0.1) is 61.2 Å². The number of thiophene rings is 1. The van der Waals surface area contributed by atoms with Crippen molar-refractivity contribution in [3.05, 3.63) is 400 Å². The Labute approximate surface area is 677 Å².